The van der Waals surface area contributed by atoms with Crippen LogP contribution in [0.1, 0.15) is 17.0 Å². The minimum atomic E-state index is -0.628. The number of hydrogen-bond donors (Lipinski definition) is 2. The molecule has 1 unspecified atom stereocenters. The molecule has 0 spiro atoms. The predicted molar refractivity (Wildman–Crippen MR) is 95.7 cm³/mol. The van der Waals surface area contributed by atoms with Gasteiger partial charge in [-0.05, 0) is 11.1 Å². The Morgan fingerprint density at radius 3 is 2.20 bits per heavy atom. The van der Waals surface area contributed by atoms with Crippen LogP contribution in [0.3, 0.4) is 0 Å². The lowest BCUT2D eigenvalue weighted by Gasteiger charge is -2.32. The predicted octanol–water partition coefficient (Wildman–Crippen LogP) is 2.02. The molecule has 5 heteroatoms. The van der Waals surface area contributed by atoms with E-state index in [0.717, 1.165) is 17.4 Å². The van der Waals surface area contributed by atoms with Crippen molar-refractivity contribution in [3.8, 4) is 0 Å². The summed E-state index contributed by atoms with van der Waals surface area (Å²) in [6, 6.07) is 18.9. The van der Waals surface area contributed by atoms with Crippen molar-refractivity contribution in [2.45, 2.75) is 12.5 Å². The summed E-state index contributed by atoms with van der Waals surface area (Å²) in [6.45, 7) is 0.447. The SMILES string of the molecule is NC(=O)C1=C(N)N(Cc2ccccc2)C=C(C=O)C1c1ccccc1. The second-order valence-corrected chi connectivity index (χ2v) is 5.87. The minimum absolute atomic E-state index is 0.242. The summed E-state index contributed by atoms with van der Waals surface area (Å²) in [7, 11) is 0. The van der Waals surface area contributed by atoms with Crippen LogP contribution in [0.5, 0.6) is 0 Å². The van der Waals surface area contributed by atoms with Crippen molar-refractivity contribution in [1.29, 1.82) is 0 Å². The van der Waals surface area contributed by atoms with E-state index in [-0.39, 0.29) is 11.4 Å². The van der Waals surface area contributed by atoms with Crippen LogP contribution in [0.15, 0.2) is 83.8 Å². The van der Waals surface area contributed by atoms with Crippen molar-refractivity contribution < 1.29 is 9.59 Å². The number of benzene rings is 2. The topological polar surface area (TPSA) is 89.4 Å². The summed E-state index contributed by atoms with van der Waals surface area (Å²) in [6.07, 6.45) is 2.45. The minimum Gasteiger partial charge on any atom is -0.385 e. The fraction of sp³-hybridized carbons (Fsp3) is 0.100. The van der Waals surface area contributed by atoms with E-state index in [0.29, 0.717) is 12.1 Å². The number of carbonyl (C=O) groups is 2. The van der Waals surface area contributed by atoms with Gasteiger partial charge >= 0.3 is 0 Å². The lowest BCUT2D eigenvalue weighted by atomic mass is 9.83. The molecule has 3 rings (SSSR count). The molecule has 5 nitrogen and oxygen atoms in total. The Morgan fingerprint density at radius 2 is 1.64 bits per heavy atom. The fourth-order valence-corrected chi connectivity index (χ4v) is 3.08. The maximum atomic E-state index is 12.1. The van der Waals surface area contributed by atoms with Crippen LogP contribution in [0.25, 0.3) is 0 Å². The van der Waals surface area contributed by atoms with Gasteiger partial charge in [0.05, 0.1) is 5.57 Å². The zero-order valence-corrected chi connectivity index (χ0v) is 13.6. The van der Waals surface area contributed by atoms with E-state index in [1.54, 1.807) is 11.1 Å². The lowest BCUT2D eigenvalue weighted by molar-refractivity contribution is -0.115. The van der Waals surface area contributed by atoms with Crippen LogP contribution in [-0.4, -0.2) is 17.1 Å². The van der Waals surface area contributed by atoms with Gasteiger partial charge < -0.3 is 16.4 Å². The molecule has 0 bridgehead atoms. The number of nitrogens with zero attached hydrogens (tertiary/aromatic N) is 1. The van der Waals surface area contributed by atoms with Crippen LogP contribution in [0, 0.1) is 0 Å². The number of aldehydes is 1. The molecule has 1 heterocycles. The molecule has 0 fully saturated rings. The first kappa shape index (κ1) is 16.5. The van der Waals surface area contributed by atoms with E-state index in [4.69, 9.17) is 11.5 Å². The van der Waals surface area contributed by atoms with E-state index in [9.17, 15) is 9.59 Å². The summed E-state index contributed by atoms with van der Waals surface area (Å²) in [5.41, 5.74) is 14.4. The number of primary amides is 1. The molecule has 2 aromatic carbocycles. The summed E-state index contributed by atoms with van der Waals surface area (Å²) in [5, 5.41) is 0. The Bertz CT molecular complexity index is 842. The normalized spacial score (nSPS) is 17.2. The molecule has 126 valence electrons. The standard InChI is InChI=1S/C20H19N3O2/c21-19-18(20(22)25)17(15-9-5-2-6-10-15)16(13-24)12-23(19)11-14-7-3-1-4-8-14/h1-10,12-13,17H,11,21H2,(H2,22,25). The average Bonchev–Trinajstić information content (AvgIpc) is 2.64. The van der Waals surface area contributed by atoms with Gasteiger partial charge in [0.25, 0.3) is 0 Å². The van der Waals surface area contributed by atoms with Gasteiger partial charge in [0.1, 0.15) is 12.1 Å². The molecule has 0 aromatic heterocycles. The first-order chi connectivity index (χ1) is 12.1. The number of amides is 1. The van der Waals surface area contributed by atoms with Crippen molar-refractivity contribution in [1.82, 2.24) is 4.90 Å². The first-order valence-corrected chi connectivity index (χ1v) is 7.93. The highest BCUT2D eigenvalue weighted by atomic mass is 16.1. The molecule has 0 aliphatic carbocycles. The van der Waals surface area contributed by atoms with Crippen molar-refractivity contribution in [3.63, 3.8) is 0 Å². The maximum Gasteiger partial charge on any atom is 0.249 e. The van der Waals surface area contributed by atoms with Crippen LogP contribution >= 0.6 is 0 Å². The van der Waals surface area contributed by atoms with E-state index in [1.165, 1.54) is 0 Å². The number of hydrogen-bond acceptors (Lipinski definition) is 4. The zero-order chi connectivity index (χ0) is 17.8. The summed E-state index contributed by atoms with van der Waals surface area (Å²) in [5.74, 6) is -0.907. The quantitative estimate of drug-likeness (QED) is 0.819. The molecule has 1 atom stereocenters. The third-order valence-corrected chi connectivity index (χ3v) is 4.24. The molecule has 0 radical (unpaired) electrons. The molecular formula is C20H19N3O2. The van der Waals surface area contributed by atoms with Crippen molar-refractivity contribution in [3.05, 3.63) is 95.0 Å². The third-order valence-electron chi connectivity index (χ3n) is 4.24. The van der Waals surface area contributed by atoms with E-state index in [1.807, 2.05) is 60.7 Å². The van der Waals surface area contributed by atoms with Crippen LogP contribution in [-0.2, 0) is 16.1 Å². The Labute approximate surface area is 146 Å². The molecule has 0 saturated carbocycles. The van der Waals surface area contributed by atoms with Crippen LogP contribution < -0.4 is 11.5 Å². The van der Waals surface area contributed by atoms with E-state index in [2.05, 4.69) is 0 Å². The lowest BCUT2D eigenvalue weighted by Crippen LogP contribution is -2.36. The fourth-order valence-electron chi connectivity index (χ4n) is 3.08. The van der Waals surface area contributed by atoms with Gasteiger partial charge in [-0.2, -0.15) is 0 Å². The molecular weight excluding hydrogens is 314 g/mol. The molecule has 25 heavy (non-hydrogen) atoms. The molecule has 2 aromatic rings. The Hall–Kier alpha value is -3.34. The van der Waals surface area contributed by atoms with Gasteiger partial charge in [0.15, 0.2) is 0 Å². The van der Waals surface area contributed by atoms with Crippen molar-refractivity contribution in [2.24, 2.45) is 11.5 Å². The largest absolute Gasteiger partial charge is 0.385 e. The first-order valence-electron chi connectivity index (χ1n) is 7.93. The van der Waals surface area contributed by atoms with Gasteiger partial charge in [-0.15, -0.1) is 0 Å². The summed E-state index contributed by atoms with van der Waals surface area (Å²) >= 11 is 0. The van der Waals surface area contributed by atoms with Gasteiger partial charge in [-0.25, -0.2) is 0 Å². The number of rotatable bonds is 5. The number of carbonyl (C=O) groups excluding carboxylic acids is 2. The van der Waals surface area contributed by atoms with Crippen molar-refractivity contribution >= 4 is 12.2 Å². The monoisotopic (exact) mass is 333 g/mol. The highest BCUT2D eigenvalue weighted by Crippen LogP contribution is 2.36. The summed E-state index contributed by atoms with van der Waals surface area (Å²) in [4.78, 5) is 25.5. The van der Waals surface area contributed by atoms with E-state index < -0.39 is 11.8 Å². The molecule has 1 aliphatic rings. The smallest absolute Gasteiger partial charge is 0.249 e. The van der Waals surface area contributed by atoms with Gasteiger partial charge in [-0.3, -0.25) is 9.59 Å². The number of nitrogens with two attached hydrogens (primary N) is 2. The average molecular weight is 333 g/mol. The molecule has 0 saturated heterocycles. The summed E-state index contributed by atoms with van der Waals surface area (Å²) < 4.78 is 0. The highest BCUT2D eigenvalue weighted by molar-refractivity contribution is 5.97. The zero-order valence-electron chi connectivity index (χ0n) is 13.6. The Balaban J connectivity index is 2.06. The van der Waals surface area contributed by atoms with Gasteiger partial charge in [0.2, 0.25) is 5.91 Å². The second-order valence-electron chi connectivity index (χ2n) is 5.87. The van der Waals surface area contributed by atoms with Crippen molar-refractivity contribution in [2.75, 3.05) is 0 Å². The van der Waals surface area contributed by atoms with Gasteiger partial charge in [0, 0.05) is 24.2 Å². The van der Waals surface area contributed by atoms with Crippen LogP contribution in [0.2, 0.25) is 0 Å². The van der Waals surface area contributed by atoms with Crippen LogP contribution in [0.4, 0.5) is 0 Å². The number of allylic oxidation sites excluding steroid dienone is 1. The molecule has 1 aliphatic heterocycles. The highest BCUT2D eigenvalue weighted by Gasteiger charge is 2.33. The maximum absolute atomic E-state index is 12.1. The third kappa shape index (κ3) is 3.30. The molecule has 4 N–H and O–H groups in total. The van der Waals surface area contributed by atoms with Gasteiger partial charge in [-0.1, -0.05) is 60.7 Å². The second kappa shape index (κ2) is 7.05. The Kier molecular flexibility index (Phi) is 4.66. The molecule has 1 amide bonds. The Morgan fingerprint density at radius 1 is 1.04 bits per heavy atom. The van der Waals surface area contributed by atoms with E-state index >= 15 is 0 Å².